The van der Waals surface area contributed by atoms with Crippen LogP contribution in [0.15, 0.2) is 97.2 Å². The summed E-state index contributed by atoms with van der Waals surface area (Å²) in [5, 5.41) is 0. The molecule has 0 heterocycles. The zero-order valence-corrected chi connectivity index (χ0v) is 39.4. The molecule has 6 heteroatoms. The van der Waals surface area contributed by atoms with Gasteiger partial charge >= 0.3 is 17.9 Å². The maximum Gasteiger partial charge on any atom is 0.306 e. The van der Waals surface area contributed by atoms with Crippen molar-refractivity contribution >= 4 is 17.9 Å². The van der Waals surface area contributed by atoms with Gasteiger partial charge in [-0.25, -0.2) is 0 Å². The van der Waals surface area contributed by atoms with Crippen molar-refractivity contribution in [3.8, 4) is 0 Å². The largest absolute Gasteiger partial charge is 0.462 e. The van der Waals surface area contributed by atoms with Gasteiger partial charge in [0.05, 0.1) is 0 Å². The van der Waals surface area contributed by atoms with E-state index in [-0.39, 0.29) is 31.1 Å². The van der Waals surface area contributed by atoms with Gasteiger partial charge in [-0.15, -0.1) is 0 Å². The predicted molar refractivity (Wildman–Crippen MR) is 260 cm³/mol. The maximum absolute atomic E-state index is 12.7. The summed E-state index contributed by atoms with van der Waals surface area (Å²) < 4.78 is 16.7. The molecule has 0 saturated carbocycles. The van der Waals surface area contributed by atoms with E-state index in [9.17, 15) is 14.4 Å². The number of rotatable bonds is 43. The van der Waals surface area contributed by atoms with Gasteiger partial charge in [0, 0.05) is 19.3 Å². The summed E-state index contributed by atoms with van der Waals surface area (Å²) >= 11 is 0. The zero-order valence-electron chi connectivity index (χ0n) is 39.4. The Kier molecular flexibility index (Phi) is 46.0. The number of hydrogen-bond acceptors (Lipinski definition) is 6. The summed E-state index contributed by atoms with van der Waals surface area (Å²) in [5.41, 5.74) is 0. The van der Waals surface area contributed by atoms with Crippen LogP contribution in [0.4, 0.5) is 0 Å². The molecular weight excluding hydrogens is 757 g/mol. The van der Waals surface area contributed by atoms with Crippen molar-refractivity contribution in [3.05, 3.63) is 97.2 Å². The third-order valence-corrected chi connectivity index (χ3v) is 10.0. The average molecular weight is 847 g/mol. The van der Waals surface area contributed by atoms with Crippen molar-refractivity contribution in [3.63, 3.8) is 0 Å². The minimum absolute atomic E-state index is 0.101. The van der Waals surface area contributed by atoms with Crippen LogP contribution in [0.5, 0.6) is 0 Å². The standard InChI is InChI=1S/C55H90O6/c1-4-7-10-13-16-19-22-24-25-26-27-28-29-30-31-32-34-36-39-42-45-48-54(57)60-51-52(50-59-53(56)47-44-41-38-35-21-18-15-12-9-6-3)61-55(58)49-46-43-40-37-33-23-20-17-14-11-8-5-2/h7,10,12,15-17,19-20,24-25,27-28,30-31,34,36,52H,4-6,8-9,11,13-14,18,21-23,26,29,32-33,35,37-51H2,1-3H3/b10-7-,15-12-,19-16-,20-17-,25-24-,28-27-,31-30-,36-34-. The summed E-state index contributed by atoms with van der Waals surface area (Å²) in [7, 11) is 0. The second-order valence-electron chi connectivity index (χ2n) is 16.0. The van der Waals surface area contributed by atoms with Crippen LogP contribution in [0.2, 0.25) is 0 Å². The molecule has 0 aliphatic rings. The lowest BCUT2D eigenvalue weighted by Gasteiger charge is -2.18. The van der Waals surface area contributed by atoms with E-state index in [2.05, 4.69) is 118 Å². The lowest BCUT2D eigenvalue weighted by molar-refractivity contribution is -0.167. The van der Waals surface area contributed by atoms with Crippen molar-refractivity contribution in [2.24, 2.45) is 0 Å². The molecule has 0 aromatic heterocycles. The number of carbonyl (C=O) groups is 3. The van der Waals surface area contributed by atoms with Gasteiger partial charge in [-0.05, 0) is 116 Å². The SMILES string of the molecule is CC/C=C\C/C=C\C/C=C\C/C=C\C/C=C\C/C=C\CCCCC(=O)OCC(COC(=O)CCCCCCC/C=C\CCC)OC(=O)CCCCCCC/C=C\CCCCC. The molecule has 346 valence electrons. The molecule has 0 bridgehead atoms. The summed E-state index contributed by atoms with van der Waals surface area (Å²) in [6.07, 6.45) is 63.9. The lowest BCUT2D eigenvalue weighted by Crippen LogP contribution is -2.30. The van der Waals surface area contributed by atoms with Crippen LogP contribution in [0.1, 0.15) is 213 Å². The van der Waals surface area contributed by atoms with Crippen LogP contribution in [-0.2, 0) is 28.6 Å². The van der Waals surface area contributed by atoms with Gasteiger partial charge < -0.3 is 14.2 Å². The van der Waals surface area contributed by atoms with Crippen LogP contribution in [-0.4, -0.2) is 37.2 Å². The molecule has 1 atom stereocenters. The molecule has 0 fully saturated rings. The minimum atomic E-state index is -0.802. The summed E-state index contributed by atoms with van der Waals surface area (Å²) in [5.74, 6) is -0.972. The second kappa shape index (κ2) is 49.0. The smallest absolute Gasteiger partial charge is 0.306 e. The molecule has 0 aliphatic carbocycles. The molecule has 0 amide bonds. The third-order valence-electron chi connectivity index (χ3n) is 10.0. The van der Waals surface area contributed by atoms with Crippen LogP contribution >= 0.6 is 0 Å². The second-order valence-corrected chi connectivity index (χ2v) is 16.0. The van der Waals surface area contributed by atoms with Gasteiger partial charge in [0.15, 0.2) is 6.10 Å². The Hall–Kier alpha value is -3.67. The van der Waals surface area contributed by atoms with E-state index in [1.165, 1.54) is 44.9 Å². The number of unbranched alkanes of at least 4 members (excludes halogenated alkanes) is 16. The first kappa shape index (κ1) is 57.3. The Morgan fingerprint density at radius 1 is 0.344 bits per heavy atom. The fraction of sp³-hybridized carbons (Fsp3) is 0.655. The fourth-order valence-corrected chi connectivity index (χ4v) is 6.32. The van der Waals surface area contributed by atoms with Gasteiger partial charge in [-0.3, -0.25) is 14.4 Å². The third kappa shape index (κ3) is 47.2. The molecular formula is C55H90O6. The van der Waals surface area contributed by atoms with E-state index >= 15 is 0 Å². The van der Waals surface area contributed by atoms with E-state index in [1.54, 1.807) is 0 Å². The number of carbonyl (C=O) groups excluding carboxylic acids is 3. The van der Waals surface area contributed by atoms with Gasteiger partial charge in [0.1, 0.15) is 13.2 Å². The Balaban J connectivity index is 4.43. The van der Waals surface area contributed by atoms with Crippen molar-refractivity contribution in [2.75, 3.05) is 13.2 Å². The van der Waals surface area contributed by atoms with Crippen molar-refractivity contribution < 1.29 is 28.6 Å². The molecule has 1 unspecified atom stereocenters. The molecule has 0 aliphatic heterocycles. The lowest BCUT2D eigenvalue weighted by atomic mass is 10.1. The van der Waals surface area contributed by atoms with E-state index in [0.717, 1.165) is 128 Å². The van der Waals surface area contributed by atoms with E-state index < -0.39 is 6.10 Å². The molecule has 61 heavy (non-hydrogen) atoms. The molecule has 0 rings (SSSR count). The fourth-order valence-electron chi connectivity index (χ4n) is 6.32. The highest BCUT2D eigenvalue weighted by molar-refractivity contribution is 5.71. The van der Waals surface area contributed by atoms with Gasteiger partial charge in [-0.1, -0.05) is 176 Å². The van der Waals surface area contributed by atoms with Crippen molar-refractivity contribution in [1.29, 1.82) is 0 Å². The quantitative estimate of drug-likeness (QED) is 0.0263. The first-order chi connectivity index (χ1) is 30.0. The van der Waals surface area contributed by atoms with Gasteiger partial charge in [-0.2, -0.15) is 0 Å². The molecule has 0 spiro atoms. The Bertz CT molecular complexity index is 1250. The molecule has 0 aromatic rings. The normalized spacial score (nSPS) is 12.9. The Morgan fingerprint density at radius 3 is 1.11 bits per heavy atom. The molecule has 0 radical (unpaired) electrons. The van der Waals surface area contributed by atoms with Crippen LogP contribution in [0.3, 0.4) is 0 Å². The first-order valence-corrected chi connectivity index (χ1v) is 24.7. The number of allylic oxidation sites excluding steroid dienone is 16. The Labute approximate surface area is 375 Å². The molecule has 6 nitrogen and oxygen atoms in total. The van der Waals surface area contributed by atoms with E-state index in [0.29, 0.717) is 19.3 Å². The maximum atomic E-state index is 12.7. The Morgan fingerprint density at radius 2 is 0.672 bits per heavy atom. The highest BCUT2D eigenvalue weighted by atomic mass is 16.6. The van der Waals surface area contributed by atoms with Crippen LogP contribution in [0.25, 0.3) is 0 Å². The number of esters is 3. The monoisotopic (exact) mass is 847 g/mol. The molecule has 0 aromatic carbocycles. The molecule has 0 saturated heterocycles. The zero-order chi connectivity index (χ0) is 44.4. The van der Waals surface area contributed by atoms with Crippen molar-refractivity contribution in [2.45, 2.75) is 219 Å². The minimum Gasteiger partial charge on any atom is -0.462 e. The van der Waals surface area contributed by atoms with Gasteiger partial charge in [0.2, 0.25) is 0 Å². The number of hydrogen-bond donors (Lipinski definition) is 0. The number of ether oxygens (including phenoxy) is 3. The van der Waals surface area contributed by atoms with E-state index in [1.807, 2.05) is 0 Å². The van der Waals surface area contributed by atoms with Gasteiger partial charge in [0.25, 0.3) is 0 Å². The highest BCUT2D eigenvalue weighted by Gasteiger charge is 2.19. The molecule has 0 N–H and O–H groups in total. The summed E-state index contributed by atoms with van der Waals surface area (Å²) in [6.45, 7) is 6.36. The highest BCUT2D eigenvalue weighted by Crippen LogP contribution is 2.12. The summed E-state index contributed by atoms with van der Waals surface area (Å²) in [6, 6.07) is 0. The average Bonchev–Trinajstić information content (AvgIpc) is 3.26. The van der Waals surface area contributed by atoms with Crippen LogP contribution < -0.4 is 0 Å². The predicted octanol–water partition coefficient (Wildman–Crippen LogP) is 16.2. The first-order valence-electron chi connectivity index (χ1n) is 24.7. The topological polar surface area (TPSA) is 78.9 Å². The van der Waals surface area contributed by atoms with E-state index in [4.69, 9.17) is 14.2 Å². The van der Waals surface area contributed by atoms with Crippen molar-refractivity contribution in [1.82, 2.24) is 0 Å². The summed E-state index contributed by atoms with van der Waals surface area (Å²) in [4.78, 5) is 37.8. The van der Waals surface area contributed by atoms with Crippen LogP contribution in [0, 0.1) is 0 Å².